The molecule has 192 valence electrons. The Morgan fingerprint density at radius 2 is 1.66 bits per heavy atom. The van der Waals surface area contributed by atoms with Crippen LogP contribution in [0.3, 0.4) is 0 Å². The number of halogens is 1. The van der Waals surface area contributed by atoms with Crippen molar-refractivity contribution in [2.75, 3.05) is 10.6 Å². The summed E-state index contributed by atoms with van der Waals surface area (Å²) in [5.74, 6) is -1.81. The van der Waals surface area contributed by atoms with Crippen molar-refractivity contribution < 1.29 is 18.8 Å². The third-order valence-electron chi connectivity index (χ3n) is 5.19. The normalized spacial score (nSPS) is 11.9. The number of amides is 3. The molecule has 0 saturated carbocycles. The molecule has 0 aliphatic carbocycles. The lowest BCUT2D eigenvalue weighted by Crippen LogP contribution is -2.30. The Kier molecular flexibility index (Phi) is 9.02. The van der Waals surface area contributed by atoms with Crippen LogP contribution in [-0.4, -0.2) is 28.0 Å². The molecule has 0 aliphatic rings. The zero-order valence-corrected chi connectivity index (χ0v) is 21.8. The van der Waals surface area contributed by atoms with E-state index in [9.17, 15) is 18.8 Å². The topological polar surface area (TPSA) is 100 Å². The van der Waals surface area contributed by atoms with Crippen LogP contribution in [0.2, 0.25) is 0 Å². The number of thioether (sulfide) groups is 1. The first-order chi connectivity index (χ1) is 18.4. The Bertz CT molecular complexity index is 1440. The predicted octanol–water partition coefficient (Wildman–Crippen LogP) is 5.81. The second-order valence-corrected chi connectivity index (χ2v) is 10.3. The van der Waals surface area contributed by atoms with Crippen molar-refractivity contribution in [3.8, 4) is 0 Å². The van der Waals surface area contributed by atoms with Gasteiger partial charge < -0.3 is 16.0 Å². The zero-order chi connectivity index (χ0) is 26.9. The van der Waals surface area contributed by atoms with E-state index in [4.69, 9.17) is 0 Å². The van der Waals surface area contributed by atoms with Crippen LogP contribution in [-0.2, 0) is 9.59 Å². The Balaban J connectivity index is 1.45. The molecule has 0 radical (unpaired) electrons. The van der Waals surface area contributed by atoms with Gasteiger partial charge in [-0.3, -0.25) is 14.4 Å². The van der Waals surface area contributed by atoms with Gasteiger partial charge in [-0.1, -0.05) is 36.4 Å². The molecule has 0 unspecified atom stereocenters. The van der Waals surface area contributed by atoms with Crippen LogP contribution in [0.15, 0.2) is 101 Å². The highest BCUT2D eigenvalue weighted by Gasteiger charge is 2.17. The van der Waals surface area contributed by atoms with Gasteiger partial charge in [0.15, 0.2) is 5.13 Å². The molecule has 1 aromatic heterocycles. The van der Waals surface area contributed by atoms with Crippen molar-refractivity contribution in [2.24, 2.45) is 0 Å². The fraction of sp³-hybridized carbons (Fsp3) is 0.0714. The molecule has 3 N–H and O–H groups in total. The lowest BCUT2D eigenvalue weighted by atomic mass is 10.1. The van der Waals surface area contributed by atoms with Gasteiger partial charge in [0.1, 0.15) is 11.5 Å². The maximum Gasteiger partial charge on any atom is 0.272 e. The molecule has 3 aromatic carbocycles. The molecule has 0 spiro atoms. The summed E-state index contributed by atoms with van der Waals surface area (Å²) in [6, 6.07) is 21.3. The molecule has 0 saturated heterocycles. The Labute approximate surface area is 227 Å². The van der Waals surface area contributed by atoms with Crippen molar-refractivity contribution in [3.63, 3.8) is 0 Å². The molecule has 1 atom stereocenters. The second-order valence-electron chi connectivity index (χ2n) is 7.96. The number of aromatic nitrogens is 1. The van der Waals surface area contributed by atoms with Crippen molar-refractivity contribution in [3.05, 3.63) is 113 Å². The molecule has 0 aliphatic heterocycles. The van der Waals surface area contributed by atoms with Gasteiger partial charge in [0.05, 0.1) is 5.25 Å². The number of nitrogens with one attached hydrogen (secondary N) is 3. The molecule has 0 bridgehead atoms. The monoisotopic (exact) mass is 546 g/mol. The van der Waals surface area contributed by atoms with Gasteiger partial charge >= 0.3 is 0 Å². The molecule has 38 heavy (non-hydrogen) atoms. The van der Waals surface area contributed by atoms with Crippen molar-refractivity contribution in [1.29, 1.82) is 0 Å². The van der Waals surface area contributed by atoms with E-state index in [0.29, 0.717) is 16.4 Å². The van der Waals surface area contributed by atoms with E-state index in [1.165, 1.54) is 47.4 Å². The van der Waals surface area contributed by atoms with Gasteiger partial charge in [0.2, 0.25) is 5.91 Å². The number of hydrogen-bond donors (Lipinski definition) is 3. The summed E-state index contributed by atoms with van der Waals surface area (Å²) in [7, 11) is 0. The number of nitrogens with zero attached hydrogens (tertiary/aromatic N) is 1. The number of hydrogen-bond acceptors (Lipinski definition) is 6. The highest BCUT2D eigenvalue weighted by Crippen LogP contribution is 2.26. The van der Waals surface area contributed by atoms with E-state index in [1.807, 2.05) is 0 Å². The fourth-order valence-electron chi connectivity index (χ4n) is 3.26. The number of thiazole rings is 1. The Morgan fingerprint density at radius 3 is 2.34 bits per heavy atom. The molecule has 3 amide bonds. The van der Waals surface area contributed by atoms with Gasteiger partial charge in [-0.05, 0) is 55.5 Å². The molecule has 4 aromatic rings. The number of benzene rings is 3. The number of carbonyl (C=O) groups excluding carboxylic acids is 3. The molecule has 7 nitrogen and oxygen atoms in total. The van der Waals surface area contributed by atoms with Gasteiger partial charge in [-0.25, -0.2) is 9.37 Å². The summed E-state index contributed by atoms with van der Waals surface area (Å²) < 4.78 is 14.3. The van der Waals surface area contributed by atoms with Crippen molar-refractivity contribution in [1.82, 2.24) is 10.3 Å². The smallest absolute Gasteiger partial charge is 0.272 e. The average molecular weight is 547 g/mol. The zero-order valence-electron chi connectivity index (χ0n) is 20.2. The van der Waals surface area contributed by atoms with E-state index in [-0.39, 0.29) is 22.4 Å². The molecule has 0 fully saturated rings. The summed E-state index contributed by atoms with van der Waals surface area (Å²) in [6.07, 6.45) is 2.91. The van der Waals surface area contributed by atoms with Crippen LogP contribution in [0.1, 0.15) is 22.8 Å². The van der Waals surface area contributed by atoms with Crippen LogP contribution in [0.4, 0.5) is 15.2 Å². The second kappa shape index (κ2) is 12.8. The molecule has 1 heterocycles. The van der Waals surface area contributed by atoms with E-state index in [0.717, 1.165) is 4.90 Å². The maximum absolute atomic E-state index is 14.3. The quantitative estimate of drug-likeness (QED) is 0.182. The van der Waals surface area contributed by atoms with Gasteiger partial charge in [0.25, 0.3) is 11.8 Å². The van der Waals surface area contributed by atoms with Gasteiger partial charge in [0, 0.05) is 33.3 Å². The fourth-order valence-corrected chi connectivity index (χ4v) is 4.65. The molecule has 10 heteroatoms. The van der Waals surface area contributed by atoms with E-state index < -0.39 is 17.6 Å². The summed E-state index contributed by atoms with van der Waals surface area (Å²) in [5, 5.41) is 10.0. The van der Waals surface area contributed by atoms with Crippen molar-refractivity contribution in [2.45, 2.75) is 17.1 Å². The van der Waals surface area contributed by atoms with E-state index in [1.54, 1.807) is 79.2 Å². The third-order valence-corrected chi connectivity index (χ3v) is 6.99. The Morgan fingerprint density at radius 1 is 0.947 bits per heavy atom. The van der Waals surface area contributed by atoms with Crippen LogP contribution >= 0.6 is 23.1 Å². The van der Waals surface area contributed by atoms with Crippen LogP contribution in [0.25, 0.3) is 6.08 Å². The minimum Gasteiger partial charge on any atom is -0.321 e. The maximum atomic E-state index is 14.3. The number of carbonyl (C=O) groups is 3. The van der Waals surface area contributed by atoms with Gasteiger partial charge in [-0.2, -0.15) is 0 Å². The highest BCUT2D eigenvalue weighted by molar-refractivity contribution is 8.00. The lowest BCUT2D eigenvalue weighted by molar-refractivity contribution is -0.115. The molecular formula is C28H23FN4O3S2. The SMILES string of the molecule is C[C@H](Sc1ccc(NC(=O)/C(=C/c2ccccc2F)NC(=O)c2ccccc2)cc1)C(=O)Nc1nccs1. The summed E-state index contributed by atoms with van der Waals surface area (Å²) in [6.45, 7) is 1.79. The van der Waals surface area contributed by atoms with E-state index in [2.05, 4.69) is 20.9 Å². The lowest BCUT2D eigenvalue weighted by Gasteiger charge is -2.13. The number of anilines is 2. The average Bonchev–Trinajstić information content (AvgIpc) is 3.44. The predicted molar refractivity (Wildman–Crippen MR) is 149 cm³/mol. The molecular weight excluding hydrogens is 523 g/mol. The third kappa shape index (κ3) is 7.37. The number of rotatable bonds is 9. The summed E-state index contributed by atoms with van der Waals surface area (Å²) in [4.78, 5) is 43.1. The molecule has 4 rings (SSSR count). The van der Waals surface area contributed by atoms with Gasteiger partial charge in [-0.15, -0.1) is 23.1 Å². The Hall–Kier alpha value is -4.28. The van der Waals surface area contributed by atoms with Crippen molar-refractivity contribution >= 4 is 57.7 Å². The first-order valence-corrected chi connectivity index (χ1v) is 13.3. The van der Waals surface area contributed by atoms with Crippen LogP contribution in [0.5, 0.6) is 0 Å². The highest BCUT2D eigenvalue weighted by atomic mass is 32.2. The van der Waals surface area contributed by atoms with E-state index >= 15 is 0 Å². The minimum absolute atomic E-state index is 0.116. The minimum atomic E-state index is -0.617. The first kappa shape index (κ1) is 26.8. The van der Waals surface area contributed by atoms with Crippen LogP contribution in [0, 0.1) is 5.82 Å². The standard InChI is InChI=1S/C28H23FN4O3S2/c1-18(25(34)33-28-30-15-16-37-28)38-22-13-11-21(12-14-22)31-27(36)24(17-20-9-5-6-10-23(20)29)32-26(35)19-7-3-2-4-8-19/h2-18H,1H3,(H,31,36)(H,32,35)(H,30,33,34)/b24-17-/t18-/m0/s1. The van der Waals surface area contributed by atoms with Crippen LogP contribution < -0.4 is 16.0 Å². The largest absolute Gasteiger partial charge is 0.321 e. The summed E-state index contributed by atoms with van der Waals surface area (Å²) >= 11 is 2.70. The first-order valence-electron chi connectivity index (χ1n) is 11.5. The summed E-state index contributed by atoms with van der Waals surface area (Å²) in [5.41, 5.74) is 0.861.